The van der Waals surface area contributed by atoms with Gasteiger partial charge >= 0.3 is 6.18 Å². The number of benzene rings is 1. The van der Waals surface area contributed by atoms with Gasteiger partial charge in [0, 0.05) is 11.2 Å². The maximum absolute atomic E-state index is 12.4. The van der Waals surface area contributed by atoms with E-state index in [0.717, 1.165) is 16.3 Å². The molecule has 0 saturated heterocycles. The van der Waals surface area contributed by atoms with Crippen molar-refractivity contribution in [3.05, 3.63) is 46.7 Å². The van der Waals surface area contributed by atoms with Crippen molar-refractivity contribution in [1.82, 2.24) is 9.78 Å². The number of halogens is 4. The normalized spacial score (nSPS) is 11.8. The molecule has 0 atom stereocenters. The number of hydrogen-bond donors (Lipinski definition) is 1. The van der Waals surface area contributed by atoms with E-state index in [4.69, 9.17) is 17.3 Å². The van der Waals surface area contributed by atoms with Crippen LogP contribution in [-0.4, -0.2) is 16.3 Å². The van der Waals surface area contributed by atoms with Crippen molar-refractivity contribution in [3.8, 4) is 5.69 Å². The van der Waals surface area contributed by atoms with Crippen molar-refractivity contribution in [1.29, 1.82) is 0 Å². The lowest BCUT2D eigenvalue weighted by molar-refractivity contribution is -0.141. The molecular formula is C12H11ClF3N3. The van der Waals surface area contributed by atoms with E-state index in [2.05, 4.69) is 5.10 Å². The van der Waals surface area contributed by atoms with Gasteiger partial charge in [-0.2, -0.15) is 18.3 Å². The smallest absolute Gasteiger partial charge is 0.330 e. The maximum atomic E-state index is 12.4. The molecule has 0 saturated carbocycles. The summed E-state index contributed by atoms with van der Waals surface area (Å²) in [4.78, 5) is 0. The van der Waals surface area contributed by atoms with Crippen LogP contribution in [0.1, 0.15) is 11.3 Å². The zero-order valence-electron chi connectivity index (χ0n) is 9.78. The molecule has 0 radical (unpaired) electrons. The summed E-state index contributed by atoms with van der Waals surface area (Å²) in [5.41, 5.74) is 5.82. The molecule has 3 nitrogen and oxygen atoms in total. The minimum atomic E-state index is -4.45. The lowest BCUT2D eigenvalue weighted by Crippen LogP contribution is -2.07. The molecule has 0 aliphatic rings. The van der Waals surface area contributed by atoms with Crippen molar-refractivity contribution >= 4 is 11.6 Å². The quantitative estimate of drug-likeness (QED) is 0.944. The van der Waals surface area contributed by atoms with E-state index in [1.54, 1.807) is 18.2 Å². The molecule has 0 spiro atoms. The van der Waals surface area contributed by atoms with Gasteiger partial charge in [-0.15, -0.1) is 0 Å². The van der Waals surface area contributed by atoms with Crippen LogP contribution in [0.2, 0.25) is 5.02 Å². The van der Waals surface area contributed by atoms with Gasteiger partial charge in [0.1, 0.15) is 0 Å². The highest BCUT2D eigenvalue weighted by Crippen LogP contribution is 2.28. The van der Waals surface area contributed by atoms with E-state index < -0.39 is 11.9 Å². The van der Waals surface area contributed by atoms with Crippen LogP contribution in [0.5, 0.6) is 0 Å². The second-order valence-electron chi connectivity index (χ2n) is 3.96. The van der Waals surface area contributed by atoms with Gasteiger partial charge in [-0.25, -0.2) is 4.68 Å². The monoisotopic (exact) mass is 289 g/mol. The van der Waals surface area contributed by atoms with Gasteiger partial charge < -0.3 is 5.73 Å². The van der Waals surface area contributed by atoms with E-state index in [0.29, 0.717) is 23.7 Å². The summed E-state index contributed by atoms with van der Waals surface area (Å²) in [5.74, 6) is 0. The fourth-order valence-corrected chi connectivity index (χ4v) is 1.93. The topological polar surface area (TPSA) is 43.8 Å². The van der Waals surface area contributed by atoms with Gasteiger partial charge in [-0.1, -0.05) is 17.7 Å². The lowest BCUT2D eigenvalue weighted by atomic mass is 10.1. The van der Waals surface area contributed by atoms with Crippen LogP contribution < -0.4 is 5.73 Å². The number of rotatable bonds is 3. The molecule has 0 aliphatic carbocycles. The second-order valence-corrected chi connectivity index (χ2v) is 4.36. The molecule has 0 unspecified atom stereocenters. The Morgan fingerprint density at radius 1 is 1.26 bits per heavy atom. The molecular weight excluding hydrogens is 279 g/mol. The molecule has 1 aromatic heterocycles. The molecule has 19 heavy (non-hydrogen) atoms. The summed E-state index contributed by atoms with van der Waals surface area (Å²) >= 11 is 6.04. The second kappa shape index (κ2) is 5.22. The van der Waals surface area contributed by atoms with E-state index in [1.807, 2.05) is 0 Å². The summed E-state index contributed by atoms with van der Waals surface area (Å²) in [7, 11) is 0. The largest absolute Gasteiger partial charge is 0.435 e. The fraction of sp³-hybridized carbons (Fsp3) is 0.250. The molecule has 2 N–H and O–H groups in total. The summed E-state index contributed by atoms with van der Waals surface area (Å²) < 4.78 is 38.5. The number of nitrogens with two attached hydrogens (primary N) is 1. The van der Waals surface area contributed by atoms with Crippen LogP contribution in [-0.2, 0) is 12.6 Å². The molecule has 0 bridgehead atoms. The molecule has 0 aliphatic heterocycles. The standard InChI is InChI=1S/C12H11ClF3N3/c13-10-7-9(2-1-8(10)3-5-17)19-6-4-11(18-19)12(14,15)16/h1-2,4,6-7H,3,5,17H2. The highest BCUT2D eigenvalue weighted by Gasteiger charge is 2.33. The van der Waals surface area contributed by atoms with Gasteiger partial charge in [0.2, 0.25) is 0 Å². The van der Waals surface area contributed by atoms with Gasteiger partial charge in [-0.3, -0.25) is 0 Å². The Morgan fingerprint density at radius 2 is 2.00 bits per heavy atom. The Morgan fingerprint density at radius 3 is 2.53 bits per heavy atom. The Bertz CT molecular complexity index is 578. The molecule has 1 aromatic carbocycles. The summed E-state index contributed by atoms with van der Waals surface area (Å²) in [6.45, 7) is 0.457. The van der Waals surface area contributed by atoms with Crippen LogP contribution in [0.15, 0.2) is 30.5 Å². The van der Waals surface area contributed by atoms with Crippen LogP contribution in [0.3, 0.4) is 0 Å². The van der Waals surface area contributed by atoms with Crippen LogP contribution >= 0.6 is 11.6 Å². The van der Waals surface area contributed by atoms with Gasteiger partial charge in [0.25, 0.3) is 0 Å². The van der Waals surface area contributed by atoms with Gasteiger partial charge in [-0.05, 0) is 36.7 Å². The summed E-state index contributed by atoms with van der Waals surface area (Å²) in [5, 5.41) is 3.94. The van der Waals surface area contributed by atoms with E-state index in [-0.39, 0.29) is 0 Å². The molecule has 0 amide bonds. The molecule has 102 valence electrons. The van der Waals surface area contributed by atoms with Gasteiger partial charge in [0.15, 0.2) is 5.69 Å². The number of hydrogen-bond acceptors (Lipinski definition) is 2. The first-order valence-corrected chi connectivity index (χ1v) is 5.91. The third-order valence-electron chi connectivity index (χ3n) is 2.59. The average Bonchev–Trinajstić information content (AvgIpc) is 2.81. The zero-order valence-corrected chi connectivity index (χ0v) is 10.5. The number of alkyl halides is 3. The Kier molecular flexibility index (Phi) is 3.82. The number of nitrogens with zero attached hydrogens (tertiary/aromatic N) is 2. The molecule has 1 heterocycles. The van der Waals surface area contributed by atoms with Gasteiger partial charge in [0.05, 0.1) is 5.69 Å². The van der Waals surface area contributed by atoms with Crippen LogP contribution in [0.25, 0.3) is 5.69 Å². The Labute approximate surface area is 112 Å². The first-order chi connectivity index (χ1) is 8.91. The van der Waals surface area contributed by atoms with Crippen molar-refractivity contribution < 1.29 is 13.2 Å². The zero-order chi connectivity index (χ0) is 14.0. The Balaban J connectivity index is 2.32. The minimum Gasteiger partial charge on any atom is -0.330 e. The SMILES string of the molecule is NCCc1ccc(-n2ccc(C(F)(F)F)n2)cc1Cl. The third kappa shape index (κ3) is 3.08. The highest BCUT2D eigenvalue weighted by atomic mass is 35.5. The van der Waals surface area contributed by atoms with E-state index >= 15 is 0 Å². The van der Waals surface area contributed by atoms with Crippen molar-refractivity contribution in [2.45, 2.75) is 12.6 Å². The van der Waals surface area contributed by atoms with Crippen molar-refractivity contribution in [3.63, 3.8) is 0 Å². The lowest BCUT2D eigenvalue weighted by Gasteiger charge is -2.07. The molecule has 2 aromatic rings. The predicted molar refractivity (Wildman–Crippen MR) is 66.3 cm³/mol. The Hall–Kier alpha value is -1.53. The molecule has 0 fully saturated rings. The molecule has 7 heteroatoms. The first-order valence-electron chi connectivity index (χ1n) is 5.53. The summed E-state index contributed by atoms with van der Waals surface area (Å²) in [6.07, 6.45) is -2.59. The average molecular weight is 290 g/mol. The van der Waals surface area contributed by atoms with Crippen molar-refractivity contribution in [2.24, 2.45) is 5.73 Å². The maximum Gasteiger partial charge on any atom is 0.435 e. The van der Waals surface area contributed by atoms with Crippen LogP contribution in [0, 0.1) is 0 Å². The fourth-order valence-electron chi connectivity index (χ4n) is 1.66. The highest BCUT2D eigenvalue weighted by molar-refractivity contribution is 6.31. The number of aromatic nitrogens is 2. The van der Waals surface area contributed by atoms with Crippen LogP contribution in [0.4, 0.5) is 13.2 Å². The molecule has 2 rings (SSSR count). The third-order valence-corrected chi connectivity index (χ3v) is 2.95. The van der Waals surface area contributed by atoms with Crippen molar-refractivity contribution in [2.75, 3.05) is 6.54 Å². The minimum absolute atomic E-state index is 0.457. The van der Waals surface area contributed by atoms with E-state index in [9.17, 15) is 13.2 Å². The predicted octanol–water partition coefficient (Wildman–Crippen LogP) is 3.05. The van der Waals surface area contributed by atoms with E-state index in [1.165, 1.54) is 6.20 Å². The summed E-state index contributed by atoms with van der Waals surface area (Å²) in [6, 6.07) is 5.88. The first kappa shape index (κ1) is 13.9.